The normalized spacial score (nSPS) is 19.9. The zero-order valence-electron chi connectivity index (χ0n) is 12.3. The molecule has 0 saturated carbocycles. The lowest BCUT2D eigenvalue weighted by Crippen LogP contribution is -2.38. The van der Waals surface area contributed by atoms with E-state index in [2.05, 4.69) is 10.2 Å². The van der Waals surface area contributed by atoms with Gasteiger partial charge in [-0.05, 0) is 44.8 Å². The maximum absolute atomic E-state index is 12.5. The second kappa shape index (κ2) is 6.22. The molecule has 20 heavy (non-hydrogen) atoms. The first-order valence-electron chi connectivity index (χ1n) is 6.83. The second-order valence-electron chi connectivity index (χ2n) is 5.55. The van der Waals surface area contributed by atoms with Crippen LogP contribution in [0.3, 0.4) is 0 Å². The fraction of sp³-hybridized carbons (Fsp3) is 0.571. The van der Waals surface area contributed by atoms with Gasteiger partial charge in [0.05, 0.1) is 4.90 Å². The molecule has 2 rings (SSSR count). The third-order valence-electron chi connectivity index (χ3n) is 3.65. The van der Waals surface area contributed by atoms with Crippen LogP contribution >= 0.6 is 0 Å². The monoisotopic (exact) mass is 297 g/mol. The molecule has 1 heterocycles. The standard InChI is InChI=1S/C14H23N3O2S/c1-16(2)11-12-4-6-14(7-5-12)20(18,19)17(3)13-8-9-15-10-13/h4-7,13,15H,8-11H2,1-3H3. The summed E-state index contributed by atoms with van der Waals surface area (Å²) in [5.74, 6) is 0. The van der Waals surface area contributed by atoms with E-state index < -0.39 is 10.0 Å². The summed E-state index contributed by atoms with van der Waals surface area (Å²) in [6.45, 7) is 2.42. The minimum atomic E-state index is -3.39. The molecule has 0 aromatic heterocycles. The molecule has 1 unspecified atom stereocenters. The van der Waals surface area contributed by atoms with Crippen LogP contribution in [-0.4, -0.2) is 57.9 Å². The lowest BCUT2D eigenvalue weighted by molar-refractivity contribution is 0.387. The number of nitrogens with one attached hydrogen (secondary N) is 1. The number of rotatable bonds is 5. The van der Waals surface area contributed by atoms with Crippen LogP contribution in [0.5, 0.6) is 0 Å². The van der Waals surface area contributed by atoms with Gasteiger partial charge in [0.2, 0.25) is 10.0 Å². The smallest absolute Gasteiger partial charge is 0.243 e. The average Bonchev–Trinajstić information content (AvgIpc) is 2.91. The molecule has 0 bridgehead atoms. The average molecular weight is 297 g/mol. The molecular weight excluding hydrogens is 274 g/mol. The summed E-state index contributed by atoms with van der Waals surface area (Å²) in [7, 11) is 2.26. The van der Waals surface area contributed by atoms with Gasteiger partial charge in [0.15, 0.2) is 0 Å². The van der Waals surface area contributed by atoms with Crippen molar-refractivity contribution in [2.75, 3.05) is 34.2 Å². The summed E-state index contributed by atoms with van der Waals surface area (Å²) in [5, 5.41) is 3.20. The SMILES string of the molecule is CN(C)Cc1ccc(S(=O)(=O)N(C)C2CCNC2)cc1. The van der Waals surface area contributed by atoms with Gasteiger partial charge in [-0.3, -0.25) is 0 Å². The van der Waals surface area contributed by atoms with E-state index in [4.69, 9.17) is 0 Å². The zero-order valence-corrected chi connectivity index (χ0v) is 13.2. The Morgan fingerprint density at radius 2 is 1.85 bits per heavy atom. The summed E-state index contributed by atoms with van der Waals surface area (Å²) in [6.07, 6.45) is 0.869. The molecule has 5 nitrogen and oxygen atoms in total. The van der Waals surface area contributed by atoms with Crippen molar-refractivity contribution in [1.29, 1.82) is 0 Å². The fourth-order valence-electron chi connectivity index (χ4n) is 2.44. The van der Waals surface area contributed by atoms with Crippen molar-refractivity contribution in [2.24, 2.45) is 0 Å². The number of benzene rings is 1. The number of nitrogens with zero attached hydrogens (tertiary/aromatic N) is 2. The highest BCUT2D eigenvalue weighted by Gasteiger charge is 2.29. The topological polar surface area (TPSA) is 52.7 Å². The molecule has 1 aliphatic heterocycles. The van der Waals surface area contributed by atoms with E-state index in [0.29, 0.717) is 4.90 Å². The molecule has 1 N–H and O–H groups in total. The Bertz CT molecular complexity index is 534. The van der Waals surface area contributed by atoms with Crippen LogP contribution in [0.25, 0.3) is 0 Å². The minimum absolute atomic E-state index is 0.0569. The number of likely N-dealkylation sites (N-methyl/N-ethyl adjacent to an activating group) is 1. The zero-order chi connectivity index (χ0) is 14.8. The van der Waals surface area contributed by atoms with Crippen molar-refractivity contribution < 1.29 is 8.42 Å². The first-order chi connectivity index (χ1) is 9.41. The van der Waals surface area contributed by atoms with Crippen LogP contribution in [-0.2, 0) is 16.6 Å². The molecule has 1 atom stereocenters. The van der Waals surface area contributed by atoms with Gasteiger partial charge in [0.25, 0.3) is 0 Å². The molecule has 0 amide bonds. The van der Waals surface area contributed by atoms with Crippen molar-refractivity contribution in [3.05, 3.63) is 29.8 Å². The Labute approximate surface area is 121 Å². The van der Waals surface area contributed by atoms with Crippen molar-refractivity contribution in [3.8, 4) is 0 Å². The maximum atomic E-state index is 12.5. The van der Waals surface area contributed by atoms with Gasteiger partial charge in [-0.2, -0.15) is 4.31 Å². The molecule has 0 aliphatic carbocycles. The summed E-state index contributed by atoms with van der Waals surface area (Å²) in [6, 6.07) is 7.22. The summed E-state index contributed by atoms with van der Waals surface area (Å²) < 4.78 is 26.6. The predicted molar refractivity (Wildman–Crippen MR) is 80.1 cm³/mol. The largest absolute Gasteiger partial charge is 0.315 e. The Morgan fingerprint density at radius 1 is 1.20 bits per heavy atom. The minimum Gasteiger partial charge on any atom is -0.315 e. The van der Waals surface area contributed by atoms with Crippen molar-refractivity contribution in [1.82, 2.24) is 14.5 Å². The van der Waals surface area contributed by atoms with E-state index in [1.165, 1.54) is 4.31 Å². The van der Waals surface area contributed by atoms with Crippen LogP contribution < -0.4 is 5.32 Å². The molecule has 1 saturated heterocycles. The molecule has 1 fully saturated rings. The van der Waals surface area contributed by atoms with Gasteiger partial charge in [0, 0.05) is 26.2 Å². The summed E-state index contributed by atoms with van der Waals surface area (Å²) in [4.78, 5) is 2.43. The number of hydrogen-bond donors (Lipinski definition) is 1. The van der Waals surface area contributed by atoms with Gasteiger partial charge >= 0.3 is 0 Å². The van der Waals surface area contributed by atoms with E-state index in [1.807, 2.05) is 26.2 Å². The molecule has 6 heteroatoms. The van der Waals surface area contributed by atoms with Gasteiger partial charge < -0.3 is 10.2 Å². The van der Waals surface area contributed by atoms with Crippen LogP contribution in [0.4, 0.5) is 0 Å². The third kappa shape index (κ3) is 3.38. The Morgan fingerprint density at radius 3 is 2.35 bits per heavy atom. The molecule has 0 spiro atoms. The molecule has 112 valence electrons. The number of hydrogen-bond acceptors (Lipinski definition) is 4. The molecule has 1 aromatic carbocycles. The predicted octanol–water partition coefficient (Wildman–Crippen LogP) is 0.731. The highest BCUT2D eigenvalue weighted by atomic mass is 32.2. The second-order valence-corrected chi connectivity index (χ2v) is 7.55. The highest BCUT2D eigenvalue weighted by Crippen LogP contribution is 2.20. The van der Waals surface area contributed by atoms with Gasteiger partial charge in [-0.25, -0.2) is 8.42 Å². The number of sulfonamides is 1. The molecule has 1 aliphatic rings. The Hall–Kier alpha value is -0.950. The van der Waals surface area contributed by atoms with Gasteiger partial charge in [-0.1, -0.05) is 12.1 Å². The lowest BCUT2D eigenvalue weighted by atomic mass is 10.2. The summed E-state index contributed by atoms with van der Waals surface area (Å²) in [5.41, 5.74) is 1.11. The Kier molecular flexibility index (Phi) is 4.80. The van der Waals surface area contributed by atoms with Crippen molar-refractivity contribution >= 4 is 10.0 Å². The molecule has 0 radical (unpaired) electrons. The van der Waals surface area contributed by atoms with Crippen molar-refractivity contribution in [2.45, 2.75) is 23.9 Å². The Balaban J connectivity index is 2.16. The van der Waals surface area contributed by atoms with Crippen LogP contribution in [0.1, 0.15) is 12.0 Å². The maximum Gasteiger partial charge on any atom is 0.243 e. The first-order valence-corrected chi connectivity index (χ1v) is 8.27. The van der Waals surface area contributed by atoms with Crippen LogP contribution in [0, 0.1) is 0 Å². The van der Waals surface area contributed by atoms with Crippen LogP contribution in [0.2, 0.25) is 0 Å². The quantitative estimate of drug-likeness (QED) is 0.870. The van der Waals surface area contributed by atoms with E-state index in [-0.39, 0.29) is 6.04 Å². The molecule has 1 aromatic rings. The van der Waals surface area contributed by atoms with E-state index in [9.17, 15) is 8.42 Å². The lowest BCUT2D eigenvalue weighted by Gasteiger charge is -2.23. The first kappa shape index (κ1) is 15.4. The summed E-state index contributed by atoms with van der Waals surface area (Å²) >= 11 is 0. The third-order valence-corrected chi connectivity index (χ3v) is 5.57. The molecular formula is C14H23N3O2S. The van der Waals surface area contributed by atoms with E-state index in [0.717, 1.165) is 31.6 Å². The van der Waals surface area contributed by atoms with E-state index >= 15 is 0 Å². The van der Waals surface area contributed by atoms with Crippen LogP contribution in [0.15, 0.2) is 29.2 Å². The highest BCUT2D eigenvalue weighted by molar-refractivity contribution is 7.89. The van der Waals surface area contributed by atoms with E-state index in [1.54, 1.807) is 19.2 Å². The van der Waals surface area contributed by atoms with Crippen molar-refractivity contribution in [3.63, 3.8) is 0 Å². The van der Waals surface area contributed by atoms with Gasteiger partial charge in [0.1, 0.15) is 0 Å². The van der Waals surface area contributed by atoms with Gasteiger partial charge in [-0.15, -0.1) is 0 Å². The fourth-order valence-corrected chi connectivity index (χ4v) is 3.83.